The van der Waals surface area contributed by atoms with Crippen molar-refractivity contribution in [3.8, 4) is 11.3 Å². The third-order valence-corrected chi connectivity index (χ3v) is 3.24. The van der Waals surface area contributed by atoms with Crippen LogP contribution >= 0.6 is 0 Å². The average molecular weight is 249 g/mol. The van der Waals surface area contributed by atoms with Crippen LogP contribution in [-0.4, -0.2) is 9.55 Å². The molecule has 94 valence electrons. The van der Waals surface area contributed by atoms with Crippen molar-refractivity contribution in [1.29, 1.82) is 0 Å². The maximum Gasteiger partial charge on any atom is 0.135 e. The first-order chi connectivity index (χ1) is 8.59. The first-order valence-corrected chi connectivity index (χ1v) is 5.88. The molecule has 3 nitrogen and oxygen atoms in total. The third kappa shape index (κ3) is 1.58. The van der Waals surface area contributed by atoms with Crippen LogP contribution in [-0.2, 0) is 0 Å². The summed E-state index contributed by atoms with van der Waals surface area (Å²) in [4.78, 5) is 4.22. The maximum atomic E-state index is 13.7. The van der Waals surface area contributed by atoms with Crippen molar-refractivity contribution in [2.45, 2.75) is 25.8 Å². The number of aromatic nitrogens is 2. The zero-order valence-corrected chi connectivity index (χ0v) is 9.95. The summed E-state index contributed by atoms with van der Waals surface area (Å²) >= 11 is 0. The van der Waals surface area contributed by atoms with Crippen molar-refractivity contribution in [2.75, 3.05) is 5.73 Å². The van der Waals surface area contributed by atoms with Crippen LogP contribution in [0.1, 0.15) is 24.7 Å². The second-order valence-corrected chi connectivity index (χ2v) is 4.59. The molecule has 0 radical (unpaired) electrons. The lowest BCUT2D eigenvalue weighted by molar-refractivity contribution is 0.589. The fraction of sp³-hybridized carbons (Fsp3) is 0.308. The number of imidazole rings is 1. The van der Waals surface area contributed by atoms with Crippen LogP contribution in [0.5, 0.6) is 0 Å². The molecule has 1 aliphatic carbocycles. The summed E-state index contributed by atoms with van der Waals surface area (Å²) in [5.41, 5.74) is 6.04. The van der Waals surface area contributed by atoms with Crippen molar-refractivity contribution in [3.63, 3.8) is 0 Å². The van der Waals surface area contributed by atoms with E-state index >= 15 is 0 Å². The normalized spacial score (nSPS) is 15.1. The number of nitrogen functional groups attached to an aromatic ring is 1. The van der Waals surface area contributed by atoms with E-state index in [0.29, 0.717) is 17.7 Å². The average Bonchev–Trinajstić information content (AvgIpc) is 3.08. The molecule has 18 heavy (non-hydrogen) atoms. The number of hydrogen-bond donors (Lipinski definition) is 1. The van der Waals surface area contributed by atoms with Gasteiger partial charge in [-0.2, -0.15) is 0 Å². The summed E-state index contributed by atoms with van der Waals surface area (Å²) in [5, 5.41) is 0. The van der Waals surface area contributed by atoms with E-state index in [2.05, 4.69) is 4.98 Å². The summed E-state index contributed by atoms with van der Waals surface area (Å²) in [5.74, 6) is -0.226. The van der Waals surface area contributed by atoms with Gasteiger partial charge >= 0.3 is 0 Å². The molecule has 1 aromatic carbocycles. The third-order valence-electron chi connectivity index (χ3n) is 3.24. The van der Waals surface area contributed by atoms with Gasteiger partial charge in [-0.15, -0.1) is 0 Å². The van der Waals surface area contributed by atoms with E-state index in [1.807, 2.05) is 4.57 Å². The Hall–Kier alpha value is -1.91. The number of rotatable bonds is 2. The largest absolute Gasteiger partial charge is 0.383 e. The quantitative estimate of drug-likeness (QED) is 0.889. The van der Waals surface area contributed by atoms with E-state index in [-0.39, 0.29) is 11.3 Å². The Morgan fingerprint density at radius 3 is 2.44 bits per heavy atom. The van der Waals surface area contributed by atoms with Crippen LogP contribution in [0.3, 0.4) is 0 Å². The first kappa shape index (κ1) is 11.2. The molecule has 0 spiro atoms. The number of nitrogens with zero attached hydrogens (tertiary/aromatic N) is 2. The van der Waals surface area contributed by atoms with Gasteiger partial charge in [0.05, 0.1) is 5.56 Å². The van der Waals surface area contributed by atoms with Gasteiger partial charge in [-0.05, 0) is 31.9 Å². The molecule has 3 rings (SSSR count). The monoisotopic (exact) mass is 249 g/mol. The van der Waals surface area contributed by atoms with Gasteiger partial charge in [0, 0.05) is 6.04 Å². The number of aryl methyl sites for hydroxylation is 1. The lowest BCUT2D eigenvalue weighted by Crippen LogP contribution is -2.03. The highest BCUT2D eigenvalue weighted by Crippen LogP contribution is 2.41. The molecule has 1 aliphatic rings. The minimum absolute atomic E-state index is 0.141. The van der Waals surface area contributed by atoms with Crippen molar-refractivity contribution >= 4 is 5.82 Å². The lowest BCUT2D eigenvalue weighted by Gasteiger charge is -2.06. The van der Waals surface area contributed by atoms with Gasteiger partial charge < -0.3 is 10.3 Å². The molecule has 1 aromatic heterocycles. The summed E-state index contributed by atoms with van der Waals surface area (Å²) in [7, 11) is 0. The molecule has 0 amide bonds. The summed E-state index contributed by atoms with van der Waals surface area (Å²) in [6.07, 6.45) is 2.08. The minimum Gasteiger partial charge on any atom is -0.383 e. The second kappa shape index (κ2) is 3.80. The Kier molecular flexibility index (Phi) is 2.36. The van der Waals surface area contributed by atoms with Gasteiger partial charge in [-0.3, -0.25) is 0 Å². The number of anilines is 1. The van der Waals surface area contributed by atoms with Gasteiger partial charge in [0.2, 0.25) is 0 Å². The smallest absolute Gasteiger partial charge is 0.135 e. The van der Waals surface area contributed by atoms with E-state index in [1.165, 1.54) is 18.2 Å². The van der Waals surface area contributed by atoms with Crippen LogP contribution < -0.4 is 5.73 Å². The molecule has 1 heterocycles. The lowest BCUT2D eigenvalue weighted by atomic mass is 10.1. The second-order valence-electron chi connectivity index (χ2n) is 4.59. The van der Waals surface area contributed by atoms with Crippen molar-refractivity contribution in [2.24, 2.45) is 0 Å². The van der Waals surface area contributed by atoms with E-state index in [1.54, 1.807) is 6.92 Å². The van der Waals surface area contributed by atoms with Crippen LogP contribution in [0.25, 0.3) is 11.3 Å². The van der Waals surface area contributed by atoms with E-state index in [4.69, 9.17) is 5.73 Å². The summed E-state index contributed by atoms with van der Waals surface area (Å²) in [6.45, 7) is 1.80. The fourth-order valence-electron chi connectivity index (χ4n) is 2.26. The molecular formula is C13H13F2N3. The van der Waals surface area contributed by atoms with Gasteiger partial charge in [0.25, 0.3) is 0 Å². The number of benzene rings is 1. The highest BCUT2D eigenvalue weighted by molar-refractivity contribution is 5.72. The highest BCUT2D eigenvalue weighted by atomic mass is 19.1. The molecule has 2 aromatic rings. The Morgan fingerprint density at radius 2 is 1.89 bits per heavy atom. The topological polar surface area (TPSA) is 43.8 Å². The van der Waals surface area contributed by atoms with E-state index in [9.17, 15) is 8.78 Å². The van der Waals surface area contributed by atoms with E-state index < -0.39 is 11.6 Å². The summed E-state index contributed by atoms with van der Waals surface area (Å²) in [6, 6.07) is 4.09. The van der Waals surface area contributed by atoms with Crippen molar-refractivity contribution < 1.29 is 8.78 Å². The number of hydrogen-bond acceptors (Lipinski definition) is 2. The zero-order valence-electron chi connectivity index (χ0n) is 9.95. The highest BCUT2D eigenvalue weighted by Gasteiger charge is 2.30. The minimum atomic E-state index is -0.637. The number of nitrogens with two attached hydrogens (primary N) is 1. The van der Waals surface area contributed by atoms with Crippen LogP contribution in [0.2, 0.25) is 0 Å². The Morgan fingerprint density at radius 1 is 1.28 bits per heavy atom. The molecule has 5 heteroatoms. The standard InChI is InChI=1S/C13H13F2N3/c1-7-17-12(13(16)18(7)8-5-6-8)11-9(14)3-2-4-10(11)15/h2-4,8H,5-6,16H2,1H3. The van der Waals surface area contributed by atoms with Crippen molar-refractivity contribution in [3.05, 3.63) is 35.7 Å². The van der Waals surface area contributed by atoms with Gasteiger partial charge in [0.1, 0.15) is 29.0 Å². The van der Waals surface area contributed by atoms with Crippen LogP contribution in [0, 0.1) is 18.6 Å². The van der Waals surface area contributed by atoms with Gasteiger partial charge in [-0.25, -0.2) is 13.8 Å². The Bertz CT molecular complexity index is 595. The Balaban J connectivity index is 2.20. The Labute approximate surface area is 103 Å². The molecule has 0 unspecified atom stereocenters. The van der Waals surface area contributed by atoms with E-state index in [0.717, 1.165) is 12.8 Å². The van der Waals surface area contributed by atoms with Crippen molar-refractivity contribution in [1.82, 2.24) is 9.55 Å². The summed E-state index contributed by atoms with van der Waals surface area (Å²) < 4.78 is 29.3. The molecule has 2 N–H and O–H groups in total. The molecular weight excluding hydrogens is 236 g/mol. The first-order valence-electron chi connectivity index (χ1n) is 5.88. The molecule has 1 fully saturated rings. The van der Waals surface area contributed by atoms with Crippen LogP contribution in [0.4, 0.5) is 14.6 Å². The molecule has 1 saturated carbocycles. The van der Waals surface area contributed by atoms with Gasteiger partial charge in [0.15, 0.2) is 0 Å². The molecule has 0 aliphatic heterocycles. The SMILES string of the molecule is Cc1nc(-c2c(F)cccc2F)c(N)n1C1CC1. The fourth-order valence-corrected chi connectivity index (χ4v) is 2.26. The maximum absolute atomic E-state index is 13.7. The zero-order chi connectivity index (χ0) is 12.9. The molecule has 0 atom stereocenters. The predicted molar refractivity (Wildman–Crippen MR) is 65.0 cm³/mol. The number of halogens is 2. The van der Waals surface area contributed by atoms with Crippen LogP contribution in [0.15, 0.2) is 18.2 Å². The molecule has 0 bridgehead atoms. The molecule has 0 saturated heterocycles. The predicted octanol–water partition coefficient (Wildman–Crippen LogP) is 3.05. The van der Waals surface area contributed by atoms with Gasteiger partial charge in [-0.1, -0.05) is 6.07 Å².